The quantitative estimate of drug-likeness (QED) is 0.808. The van der Waals surface area contributed by atoms with E-state index in [0.29, 0.717) is 6.04 Å². The van der Waals surface area contributed by atoms with Crippen LogP contribution in [0.25, 0.3) is 0 Å². The standard InChI is InChI=1S/C15H22ClN/c1-12(14-7-4-8-15(16)11-14)17-10-9-13-5-2-3-6-13/h4,7-8,11-13,17H,2-3,5-6,9-10H2,1H3/t12-/m1/s1. The molecule has 94 valence electrons. The van der Waals surface area contributed by atoms with Crippen LogP contribution >= 0.6 is 11.6 Å². The summed E-state index contributed by atoms with van der Waals surface area (Å²) < 4.78 is 0. The van der Waals surface area contributed by atoms with Gasteiger partial charge in [-0.15, -0.1) is 0 Å². The van der Waals surface area contributed by atoms with Crippen LogP contribution in [0.4, 0.5) is 0 Å². The van der Waals surface area contributed by atoms with Crippen LogP contribution in [0.3, 0.4) is 0 Å². The van der Waals surface area contributed by atoms with E-state index in [4.69, 9.17) is 11.6 Å². The first-order valence-electron chi connectivity index (χ1n) is 6.74. The van der Waals surface area contributed by atoms with Crippen molar-refractivity contribution in [2.75, 3.05) is 6.54 Å². The maximum Gasteiger partial charge on any atom is 0.0409 e. The number of nitrogens with one attached hydrogen (secondary N) is 1. The average molecular weight is 252 g/mol. The molecule has 1 nitrogen and oxygen atoms in total. The smallest absolute Gasteiger partial charge is 0.0409 e. The zero-order valence-corrected chi connectivity index (χ0v) is 11.3. The first kappa shape index (κ1) is 12.9. The van der Waals surface area contributed by atoms with Gasteiger partial charge < -0.3 is 5.32 Å². The molecule has 0 unspecified atom stereocenters. The Labute approximate surface area is 110 Å². The summed E-state index contributed by atoms with van der Waals surface area (Å²) in [7, 11) is 0. The van der Waals surface area contributed by atoms with Crippen molar-refractivity contribution in [2.24, 2.45) is 5.92 Å². The van der Waals surface area contributed by atoms with Gasteiger partial charge in [-0.1, -0.05) is 49.4 Å². The van der Waals surface area contributed by atoms with E-state index in [1.165, 1.54) is 37.7 Å². The Balaban J connectivity index is 1.74. The van der Waals surface area contributed by atoms with Crippen molar-refractivity contribution < 1.29 is 0 Å². The van der Waals surface area contributed by atoms with Crippen LogP contribution in [0.5, 0.6) is 0 Å². The molecule has 1 N–H and O–H groups in total. The number of halogens is 1. The lowest BCUT2D eigenvalue weighted by atomic mass is 10.0. The van der Waals surface area contributed by atoms with Crippen LogP contribution in [0.15, 0.2) is 24.3 Å². The molecular weight excluding hydrogens is 230 g/mol. The molecule has 0 saturated heterocycles. The van der Waals surface area contributed by atoms with Gasteiger partial charge in [0.2, 0.25) is 0 Å². The fraction of sp³-hybridized carbons (Fsp3) is 0.600. The number of hydrogen-bond donors (Lipinski definition) is 1. The lowest BCUT2D eigenvalue weighted by molar-refractivity contribution is 0.455. The average Bonchev–Trinajstić information content (AvgIpc) is 2.82. The first-order valence-corrected chi connectivity index (χ1v) is 7.12. The Morgan fingerprint density at radius 3 is 2.82 bits per heavy atom. The highest BCUT2D eigenvalue weighted by molar-refractivity contribution is 6.30. The molecule has 0 amide bonds. The van der Waals surface area contributed by atoms with Gasteiger partial charge in [0, 0.05) is 11.1 Å². The third-order valence-corrected chi connectivity index (χ3v) is 4.06. The predicted octanol–water partition coefficient (Wildman–Crippen LogP) is 4.57. The second-order valence-corrected chi connectivity index (χ2v) is 5.61. The Morgan fingerprint density at radius 2 is 2.12 bits per heavy atom. The van der Waals surface area contributed by atoms with E-state index in [0.717, 1.165) is 17.5 Å². The van der Waals surface area contributed by atoms with Crippen LogP contribution in [0.1, 0.15) is 50.6 Å². The van der Waals surface area contributed by atoms with Gasteiger partial charge in [-0.25, -0.2) is 0 Å². The summed E-state index contributed by atoms with van der Waals surface area (Å²) in [6.45, 7) is 3.33. The molecule has 1 aliphatic rings. The summed E-state index contributed by atoms with van der Waals surface area (Å²) >= 11 is 6.00. The first-order chi connectivity index (χ1) is 8.25. The molecular formula is C15H22ClN. The summed E-state index contributed by atoms with van der Waals surface area (Å²) in [6, 6.07) is 8.53. The highest BCUT2D eigenvalue weighted by atomic mass is 35.5. The minimum Gasteiger partial charge on any atom is -0.310 e. The SMILES string of the molecule is C[C@@H](NCCC1CCCC1)c1cccc(Cl)c1. The van der Waals surface area contributed by atoms with Gasteiger partial charge in [-0.3, -0.25) is 0 Å². The van der Waals surface area contributed by atoms with E-state index in [1.54, 1.807) is 0 Å². The molecule has 17 heavy (non-hydrogen) atoms. The lowest BCUT2D eigenvalue weighted by Crippen LogP contribution is -2.21. The number of hydrogen-bond acceptors (Lipinski definition) is 1. The molecule has 0 bridgehead atoms. The highest BCUT2D eigenvalue weighted by Crippen LogP contribution is 2.27. The van der Waals surface area contributed by atoms with Crippen LogP contribution in [-0.2, 0) is 0 Å². The van der Waals surface area contributed by atoms with Crippen LogP contribution in [0, 0.1) is 5.92 Å². The molecule has 0 aliphatic heterocycles. The van der Waals surface area contributed by atoms with Gasteiger partial charge in [0.05, 0.1) is 0 Å². The van der Waals surface area contributed by atoms with Crippen LogP contribution < -0.4 is 5.32 Å². The van der Waals surface area contributed by atoms with E-state index >= 15 is 0 Å². The molecule has 1 saturated carbocycles. The van der Waals surface area contributed by atoms with Crippen molar-refractivity contribution >= 4 is 11.6 Å². The van der Waals surface area contributed by atoms with Gasteiger partial charge >= 0.3 is 0 Å². The Kier molecular flexibility index (Phi) is 4.87. The molecule has 0 radical (unpaired) electrons. The highest BCUT2D eigenvalue weighted by Gasteiger charge is 2.14. The van der Waals surface area contributed by atoms with E-state index < -0.39 is 0 Å². The van der Waals surface area contributed by atoms with Crippen molar-refractivity contribution in [3.05, 3.63) is 34.9 Å². The molecule has 1 aliphatic carbocycles. The minimum absolute atomic E-state index is 0.398. The normalized spacial score (nSPS) is 18.5. The number of rotatable bonds is 5. The van der Waals surface area contributed by atoms with Crippen molar-refractivity contribution in [3.63, 3.8) is 0 Å². The maximum atomic E-state index is 6.00. The van der Waals surface area contributed by atoms with E-state index in [1.807, 2.05) is 12.1 Å². The molecule has 2 rings (SSSR count). The van der Waals surface area contributed by atoms with E-state index in [2.05, 4.69) is 24.4 Å². The second kappa shape index (κ2) is 6.42. The molecule has 1 fully saturated rings. The van der Waals surface area contributed by atoms with Gasteiger partial charge in [0.1, 0.15) is 0 Å². The van der Waals surface area contributed by atoms with E-state index in [9.17, 15) is 0 Å². The van der Waals surface area contributed by atoms with Crippen LogP contribution in [0.2, 0.25) is 5.02 Å². The molecule has 1 atom stereocenters. The summed E-state index contributed by atoms with van der Waals surface area (Å²) in [6.07, 6.45) is 7.08. The topological polar surface area (TPSA) is 12.0 Å². The number of benzene rings is 1. The Bertz CT molecular complexity index is 345. The fourth-order valence-corrected chi connectivity index (χ4v) is 2.90. The Morgan fingerprint density at radius 1 is 1.35 bits per heavy atom. The van der Waals surface area contributed by atoms with E-state index in [-0.39, 0.29) is 0 Å². The summed E-state index contributed by atoms with van der Waals surface area (Å²) in [5, 5.41) is 4.42. The molecule has 0 aromatic heterocycles. The largest absolute Gasteiger partial charge is 0.310 e. The fourth-order valence-electron chi connectivity index (χ4n) is 2.70. The van der Waals surface area contributed by atoms with Gasteiger partial charge in [0.15, 0.2) is 0 Å². The lowest BCUT2D eigenvalue weighted by Gasteiger charge is -2.16. The van der Waals surface area contributed by atoms with Gasteiger partial charge in [-0.2, -0.15) is 0 Å². The van der Waals surface area contributed by atoms with Gasteiger partial charge in [-0.05, 0) is 43.5 Å². The predicted molar refractivity (Wildman–Crippen MR) is 74.4 cm³/mol. The molecule has 1 aromatic carbocycles. The zero-order chi connectivity index (χ0) is 12.1. The zero-order valence-electron chi connectivity index (χ0n) is 10.6. The van der Waals surface area contributed by atoms with Crippen molar-refractivity contribution in [2.45, 2.75) is 45.1 Å². The van der Waals surface area contributed by atoms with Crippen molar-refractivity contribution in [1.82, 2.24) is 5.32 Å². The maximum absolute atomic E-state index is 6.00. The second-order valence-electron chi connectivity index (χ2n) is 5.17. The van der Waals surface area contributed by atoms with Crippen LogP contribution in [-0.4, -0.2) is 6.54 Å². The monoisotopic (exact) mass is 251 g/mol. The molecule has 1 aromatic rings. The third-order valence-electron chi connectivity index (χ3n) is 3.83. The molecule has 0 heterocycles. The summed E-state index contributed by atoms with van der Waals surface area (Å²) in [5.41, 5.74) is 1.28. The van der Waals surface area contributed by atoms with Crippen molar-refractivity contribution in [3.8, 4) is 0 Å². The third kappa shape index (κ3) is 4.01. The molecule has 2 heteroatoms. The minimum atomic E-state index is 0.398. The molecule has 0 spiro atoms. The summed E-state index contributed by atoms with van der Waals surface area (Å²) in [4.78, 5) is 0. The summed E-state index contributed by atoms with van der Waals surface area (Å²) in [5.74, 6) is 0.967. The Hall–Kier alpha value is -0.530. The van der Waals surface area contributed by atoms with Crippen molar-refractivity contribution in [1.29, 1.82) is 0 Å². The van der Waals surface area contributed by atoms with Gasteiger partial charge in [0.25, 0.3) is 0 Å².